The van der Waals surface area contributed by atoms with Crippen molar-refractivity contribution in [3.05, 3.63) is 18.0 Å². The number of methoxy groups -OCH3 is 1. The van der Waals surface area contributed by atoms with Gasteiger partial charge in [-0.25, -0.2) is 4.79 Å². The quantitative estimate of drug-likeness (QED) is 0.788. The van der Waals surface area contributed by atoms with Crippen molar-refractivity contribution in [1.29, 1.82) is 0 Å². The molecule has 2 heterocycles. The van der Waals surface area contributed by atoms with Crippen LogP contribution >= 0.6 is 0 Å². The van der Waals surface area contributed by atoms with E-state index in [2.05, 4.69) is 18.2 Å². The van der Waals surface area contributed by atoms with Gasteiger partial charge in [0.1, 0.15) is 0 Å². The lowest BCUT2D eigenvalue weighted by Crippen LogP contribution is -2.39. The lowest BCUT2D eigenvalue weighted by molar-refractivity contribution is 0.105. The Hall–Kier alpha value is -1.52. The first-order chi connectivity index (χ1) is 8.24. The van der Waals surface area contributed by atoms with E-state index < -0.39 is 0 Å². The Morgan fingerprint density at radius 1 is 1.53 bits per heavy atom. The number of aryl methyl sites for hydroxylation is 1. The number of likely N-dealkylation sites (tertiary alicyclic amines) is 1. The van der Waals surface area contributed by atoms with Crippen LogP contribution in [0.3, 0.4) is 0 Å². The molecule has 2 rings (SSSR count). The molecule has 1 saturated heterocycles. The summed E-state index contributed by atoms with van der Waals surface area (Å²) in [5.41, 5.74) is 1.26. The van der Waals surface area contributed by atoms with Crippen molar-refractivity contribution in [3.8, 4) is 0 Å². The van der Waals surface area contributed by atoms with E-state index in [1.165, 1.54) is 12.7 Å². The Morgan fingerprint density at radius 3 is 2.76 bits per heavy atom. The fraction of sp³-hybridized carbons (Fsp3) is 0.667. The third kappa shape index (κ3) is 2.60. The molecule has 0 unspecified atom stereocenters. The number of rotatable bonds is 2. The summed E-state index contributed by atoms with van der Waals surface area (Å²) in [6.45, 7) is 3.62. The monoisotopic (exact) mass is 237 g/mol. The van der Waals surface area contributed by atoms with Crippen LogP contribution in [0.15, 0.2) is 12.4 Å². The number of nitrogens with zero attached hydrogens (tertiary/aromatic N) is 3. The van der Waals surface area contributed by atoms with E-state index in [0.717, 1.165) is 32.4 Å². The van der Waals surface area contributed by atoms with Crippen LogP contribution < -0.4 is 0 Å². The van der Waals surface area contributed by atoms with Gasteiger partial charge in [0.25, 0.3) is 0 Å². The maximum absolute atomic E-state index is 11.3. The highest BCUT2D eigenvalue weighted by atomic mass is 16.5. The molecule has 5 heteroatoms. The van der Waals surface area contributed by atoms with Gasteiger partial charge in [-0.1, -0.05) is 6.92 Å². The highest BCUT2D eigenvalue weighted by Crippen LogP contribution is 2.22. The van der Waals surface area contributed by atoms with Crippen LogP contribution in [-0.4, -0.2) is 41.0 Å². The first kappa shape index (κ1) is 12.0. The largest absolute Gasteiger partial charge is 0.453 e. The second kappa shape index (κ2) is 5.21. The SMILES string of the molecule is CCc1cnn(C2CCN(C(=O)OC)CC2)c1. The number of piperidine rings is 1. The van der Waals surface area contributed by atoms with Crippen LogP contribution in [0, 0.1) is 0 Å². The van der Waals surface area contributed by atoms with Gasteiger partial charge in [0, 0.05) is 19.3 Å². The minimum absolute atomic E-state index is 0.224. The molecule has 1 fully saturated rings. The predicted octanol–water partition coefficient (Wildman–Crippen LogP) is 1.85. The van der Waals surface area contributed by atoms with Gasteiger partial charge < -0.3 is 9.64 Å². The van der Waals surface area contributed by atoms with Crippen LogP contribution in [-0.2, 0) is 11.2 Å². The summed E-state index contributed by atoms with van der Waals surface area (Å²) in [4.78, 5) is 13.1. The molecule has 0 N–H and O–H groups in total. The van der Waals surface area contributed by atoms with Crippen LogP contribution in [0.25, 0.3) is 0 Å². The number of hydrogen-bond donors (Lipinski definition) is 0. The van der Waals surface area contributed by atoms with Crippen molar-refractivity contribution in [1.82, 2.24) is 14.7 Å². The van der Waals surface area contributed by atoms with Crippen molar-refractivity contribution < 1.29 is 9.53 Å². The lowest BCUT2D eigenvalue weighted by atomic mass is 10.1. The molecule has 0 spiro atoms. The summed E-state index contributed by atoms with van der Waals surface area (Å²) in [6, 6.07) is 0.413. The Labute approximate surface area is 101 Å². The summed E-state index contributed by atoms with van der Waals surface area (Å²) in [5.74, 6) is 0. The maximum atomic E-state index is 11.3. The van der Waals surface area contributed by atoms with Gasteiger partial charge in [-0.3, -0.25) is 4.68 Å². The Kier molecular flexibility index (Phi) is 3.66. The van der Waals surface area contributed by atoms with Crippen molar-refractivity contribution in [2.45, 2.75) is 32.2 Å². The number of carbonyl (C=O) groups is 1. The first-order valence-electron chi connectivity index (χ1n) is 6.10. The first-order valence-corrected chi connectivity index (χ1v) is 6.10. The second-order valence-corrected chi connectivity index (χ2v) is 4.37. The molecule has 0 atom stereocenters. The molecule has 5 nitrogen and oxygen atoms in total. The van der Waals surface area contributed by atoms with Gasteiger partial charge in [-0.05, 0) is 24.8 Å². The molecule has 0 bridgehead atoms. The summed E-state index contributed by atoms with van der Waals surface area (Å²) in [6.07, 6.45) is 6.71. The van der Waals surface area contributed by atoms with E-state index in [1.807, 2.05) is 10.9 Å². The Morgan fingerprint density at radius 2 is 2.24 bits per heavy atom. The third-order valence-corrected chi connectivity index (χ3v) is 3.33. The fourth-order valence-corrected chi connectivity index (χ4v) is 2.20. The van der Waals surface area contributed by atoms with E-state index >= 15 is 0 Å². The van der Waals surface area contributed by atoms with Crippen LogP contribution in [0.1, 0.15) is 31.4 Å². The van der Waals surface area contributed by atoms with Crippen molar-refractivity contribution >= 4 is 6.09 Å². The van der Waals surface area contributed by atoms with Crippen LogP contribution in [0.5, 0.6) is 0 Å². The number of carbonyl (C=O) groups excluding carboxylic acids is 1. The molecule has 0 saturated carbocycles. The zero-order valence-corrected chi connectivity index (χ0v) is 10.4. The molecule has 0 radical (unpaired) electrons. The van der Waals surface area contributed by atoms with E-state index in [0.29, 0.717) is 6.04 Å². The zero-order chi connectivity index (χ0) is 12.3. The van der Waals surface area contributed by atoms with Gasteiger partial charge >= 0.3 is 6.09 Å². The second-order valence-electron chi connectivity index (χ2n) is 4.37. The van der Waals surface area contributed by atoms with E-state index in [1.54, 1.807) is 4.90 Å². The molecule has 0 aliphatic carbocycles. The Balaban J connectivity index is 1.92. The molecule has 1 aromatic heterocycles. The molecule has 1 aromatic rings. The van der Waals surface area contributed by atoms with E-state index in [9.17, 15) is 4.79 Å². The standard InChI is InChI=1S/C12H19N3O2/c1-3-10-8-13-15(9-10)11-4-6-14(7-5-11)12(16)17-2/h8-9,11H,3-7H2,1-2H3. The molecule has 1 aliphatic heterocycles. The molecule has 1 aliphatic rings. The van der Waals surface area contributed by atoms with Crippen LogP contribution in [0.4, 0.5) is 4.79 Å². The van der Waals surface area contributed by atoms with Gasteiger partial charge in [-0.2, -0.15) is 5.10 Å². The maximum Gasteiger partial charge on any atom is 0.409 e. The topological polar surface area (TPSA) is 47.4 Å². The zero-order valence-electron chi connectivity index (χ0n) is 10.4. The minimum Gasteiger partial charge on any atom is -0.453 e. The van der Waals surface area contributed by atoms with E-state index in [-0.39, 0.29) is 6.09 Å². The third-order valence-electron chi connectivity index (χ3n) is 3.33. The minimum atomic E-state index is -0.224. The highest BCUT2D eigenvalue weighted by Gasteiger charge is 2.24. The fourth-order valence-electron chi connectivity index (χ4n) is 2.20. The summed E-state index contributed by atoms with van der Waals surface area (Å²) in [5, 5.41) is 4.38. The predicted molar refractivity (Wildman–Crippen MR) is 63.9 cm³/mol. The summed E-state index contributed by atoms with van der Waals surface area (Å²) >= 11 is 0. The van der Waals surface area contributed by atoms with Crippen molar-refractivity contribution in [2.75, 3.05) is 20.2 Å². The average molecular weight is 237 g/mol. The highest BCUT2D eigenvalue weighted by molar-refractivity contribution is 5.67. The molecule has 94 valence electrons. The van der Waals surface area contributed by atoms with Gasteiger partial charge in [0.2, 0.25) is 0 Å². The summed E-state index contributed by atoms with van der Waals surface area (Å²) < 4.78 is 6.75. The smallest absolute Gasteiger partial charge is 0.409 e. The molecule has 17 heavy (non-hydrogen) atoms. The number of hydrogen-bond acceptors (Lipinski definition) is 3. The lowest BCUT2D eigenvalue weighted by Gasteiger charge is -2.30. The number of aromatic nitrogens is 2. The average Bonchev–Trinajstić information content (AvgIpc) is 2.87. The van der Waals surface area contributed by atoms with Crippen molar-refractivity contribution in [3.63, 3.8) is 0 Å². The normalized spacial score (nSPS) is 17.2. The number of ether oxygens (including phenoxy) is 1. The molecule has 0 aromatic carbocycles. The van der Waals surface area contributed by atoms with Crippen LogP contribution in [0.2, 0.25) is 0 Å². The molecule has 1 amide bonds. The van der Waals surface area contributed by atoms with Gasteiger partial charge in [0.15, 0.2) is 0 Å². The summed E-state index contributed by atoms with van der Waals surface area (Å²) in [7, 11) is 1.43. The van der Waals surface area contributed by atoms with Gasteiger partial charge in [0.05, 0.1) is 19.3 Å². The molecular formula is C12H19N3O2. The Bertz CT molecular complexity index is 381. The number of amides is 1. The van der Waals surface area contributed by atoms with Crippen molar-refractivity contribution in [2.24, 2.45) is 0 Å². The van der Waals surface area contributed by atoms with E-state index in [4.69, 9.17) is 4.74 Å². The molecular weight excluding hydrogens is 218 g/mol. The van der Waals surface area contributed by atoms with Gasteiger partial charge in [-0.15, -0.1) is 0 Å².